The maximum atomic E-state index is 2.41. The molecule has 1 aliphatic rings. The zero-order chi connectivity index (χ0) is 7.78. The van der Waals surface area contributed by atoms with Gasteiger partial charge in [0.15, 0.2) is 0 Å². The predicted molar refractivity (Wildman–Crippen MR) is 52.1 cm³/mol. The van der Waals surface area contributed by atoms with Crippen molar-refractivity contribution in [3.63, 3.8) is 0 Å². The fraction of sp³-hybridized carbons (Fsp3) is 1.00. The highest BCUT2D eigenvalue weighted by molar-refractivity contribution is 14.1. The van der Waals surface area contributed by atoms with Gasteiger partial charge in [-0.3, -0.25) is 4.90 Å². The van der Waals surface area contributed by atoms with Gasteiger partial charge in [-0.05, 0) is 27.3 Å². The van der Waals surface area contributed by atoms with E-state index >= 15 is 0 Å². The summed E-state index contributed by atoms with van der Waals surface area (Å²) in [5, 5.41) is 0. The minimum atomic E-state index is 0.396. The van der Waals surface area contributed by atoms with E-state index in [2.05, 4.69) is 51.8 Å². The van der Waals surface area contributed by atoms with Crippen LogP contribution in [0.2, 0.25) is 0 Å². The molecule has 0 aromatic heterocycles. The van der Waals surface area contributed by atoms with Crippen LogP contribution in [0.3, 0.4) is 0 Å². The Morgan fingerprint density at radius 1 is 1.40 bits per heavy atom. The Hall–Kier alpha value is 0.650. The third kappa shape index (κ3) is 1.83. The summed E-state index contributed by atoms with van der Waals surface area (Å²) in [6.07, 6.45) is 1.27. The quantitative estimate of drug-likeness (QED) is 0.479. The van der Waals surface area contributed by atoms with E-state index in [-0.39, 0.29) is 0 Å². The molecule has 0 aromatic carbocycles. The molecule has 0 N–H and O–H groups in total. The van der Waals surface area contributed by atoms with Gasteiger partial charge in [0.05, 0.1) is 6.67 Å². The monoisotopic (exact) mass is 254 g/mol. The lowest BCUT2D eigenvalue weighted by atomic mass is 9.99. The van der Waals surface area contributed by atoms with Gasteiger partial charge in [0.1, 0.15) is 0 Å². The molecule has 0 amide bonds. The van der Waals surface area contributed by atoms with Crippen LogP contribution in [0, 0.1) is 0 Å². The molecule has 2 nitrogen and oxygen atoms in total. The molecule has 1 rings (SSSR count). The number of rotatable bonds is 0. The van der Waals surface area contributed by atoms with Gasteiger partial charge in [-0.25, -0.2) is 3.11 Å². The first-order chi connectivity index (χ1) is 4.52. The predicted octanol–water partition coefficient (Wildman–Crippen LogP) is 1.71. The van der Waals surface area contributed by atoms with Gasteiger partial charge in [0.25, 0.3) is 0 Å². The lowest BCUT2D eigenvalue weighted by Gasteiger charge is -2.42. The SMILES string of the molecule is CN1CCC(C)(C)N(I)C1. The van der Waals surface area contributed by atoms with Gasteiger partial charge in [-0.15, -0.1) is 0 Å². The Morgan fingerprint density at radius 2 is 2.00 bits per heavy atom. The van der Waals surface area contributed by atoms with Crippen LogP contribution < -0.4 is 0 Å². The summed E-state index contributed by atoms with van der Waals surface area (Å²) in [5.74, 6) is 0. The average molecular weight is 254 g/mol. The van der Waals surface area contributed by atoms with Crippen LogP contribution in [-0.4, -0.2) is 33.8 Å². The van der Waals surface area contributed by atoms with E-state index in [4.69, 9.17) is 0 Å². The van der Waals surface area contributed by atoms with E-state index in [0.717, 1.165) is 6.67 Å². The highest BCUT2D eigenvalue weighted by Gasteiger charge is 2.29. The van der Waals surface area contributed by atoms with Crippen LogP contribution in [0.15, 0.2) is 0 Å². The maximum absolute atomic E-state index is 2.41. The van der Waals surface area contributed by atoms with Crippen molar-refractivity contribution in [3.8, 4) is 0 Å². The summed E-state index contributed by atoms with van der Waals surface area (Å²) in [5.41, 5.74) is 0.396. The minimum absolute atomic E-state index is 0.396. The second-order valence-corrected chi connectivity index (χ2v) is 4.81. The highest BCUT2D eigenvalue weighted by Crippen LogP contribution is 2.26. The number of halogens is 1. The van der Waals surface area contributed by atoms with Gasteiger partial charge in [0.2, 0.25) is 0 Å². The fourth-order valence-corrected chi connectivity index (χ4v) is 1.82. The molecule has 3 heteroatoms. The first kappa shape index (κ1) is 8.74. The largest absolute Gasteiger partial charge is 0.293 e. The summed E-state index contributed by atoms with van der Waals surface area (Å²) >= 11 is 2.41. The Bertz CT molecular complexity index is 125. The smallest absolute Gasteiger partial charge is 0.0602 e. The van der Waals surface area contributed by atoms with E-state index in [0.29, 0.717) is 5.54 Å². The Labute approximate surface area is 77.1 Å². The Balaban J connectivity index is 2.52. The third-order valence-corrected chi connectivity index (χ3v) is 3.74. The average Bonchev–Trinajstić information content (AvgIpc) is 1.81. The maximum Gasteiger partial charge on any atom is 0.0602 e. The normalized spacial score (nSPS) is 28.8. The number of nitrogens with zero attached hydrogens (tertiary/aromatic N) is 2. The fourth-order valence-electron chi connectivity index (χ4n) is 1.06. The molecule has 1 aliphatic heterocycles. The molecule has 0 aliphatic carbocycles. The third-order valence-electron chi connectivity index (χ3n) is 2.13. The van der Waals surface area contributed by atoms with Crippen LogP contribution in [0.25, 0.3) is 0 Å². The van der Waals surface area contributed by atoms with Crippen LogP contribution in [0.5, 0.6) is 0 Å². The highest BCUT2D eigenvalue weighted by atomic mass is 127. The topological polar surface area (TPSA) is 6.48 Å². The number of hydrogen-bond acceptors (Lipinski definition) is 2. The van der Waals surface area contributed by atoms with Crippen molar-refractivity contribution in [2.45, 2.75) is 25.8 Å². The second-order valence-electron chi connectivity index (χ2n) is 3.65. The summed E-state index contributed by atoms with van der Waals surface area (Å²) in [7, 11) is 2.17. The molecule has 0 unspecified atom stereocenters. The molecule has 1 fully saturated rings. The number of hydrogen-bond donors (Lipinski definition) is 0. The zero-order valence-electron chi connectivity index (χ0n) is 6.89. The molecule has 0 bridgehead atoms. The van der Waals surface area contributed by atoms with Gasteiger partial charge < -0.3 is 0 Å². The molecule has 0 atom stereocenters. The Kier molecular flexibility index (Phi) is 2.58. The molecule has 0 radical (unpaired) electrons. The van der Waals surface area contributed by atoms with Crippen molar-refractivity contribution in [2.24, 2.45) is 0 Å². The molecule has 0 aromatic rings. The van der Waals surface area contributed by atoms with E-state index in [9.17, 15) is 0 Å². The Morgan fingerprint density at radius 3 is 2.40 bits per heavy atom. The lowest BCUT2D eigenvalue weighted by molar-refractivity contribution is 0.101. The van der Waals surface area contributed by atoms with Crippen molar-refractivity contribution in [1.82, 2.24) is 8.01 Å². The second kappa shape index (κ2) is 2.95. The first-order valence-corrected chi connectivity index (χ1v) is 4.61. The standard InChI is InChI=1S/C7H15IN2/c1-7(2)4-5-9(3)6-10(7)8/h4-6H2,1-3H3. The molecule has 0 spiro atoms. The summed E-state index contributed by atoms with van der Waals surface area (Å²) in [6, 6.07) is 0. The van der Waals surface area contributed by atoms with E-state index < -0.39 is 0 Å². The zero-order valence-corrected chi connectivity index (χ0v) is 9.05. The lowest BCUT2D eigenvalue weighted by Crippen LogP contribution is -2.49. The molecule has 1 saturated heterocycles. The van der Waals surface area contributed by atoms with Gasteiger partial charge in [-0.2, -0.15) is 0 Å². The van der Waals surface area contributed by atoms with Crippen LogP contribution in [0.1, 0.15) is 20.3 Å². The van der Waals surface area contributed by atoms with Gasteiger partial charge in [0, 0.05) is 34.9 Å². The van der Waals surface area contributed by atoms with Crippen molar-refractivity contribution in [2.75, 3.05) is 20.3 Å². The summed E-state index contributed by atoms with van der Waals surface area (Å²) in [4.78, 5) is 2.34. The van der Waals surface area contributed by atoms with E-state index in [1.165, 1.54) is 13.0 Å². The van der Waals surface area contributed by atoms with E-state index in [1.54, 1.807) is 0 Å². The molecular formula is C7H15IN2. The van der Waals surface area contributed by atoms with Crippen LogP contribution >= 0.6 is 22.9 Å². The van der Waals surface area contributed by atoms with Crippen molar-refractivity contribution in [1.29, 1.82) is 0 Å². The van der Waals surface area contributed by atoms with Crippen molar-refractivity contribution in [3.05, 3.63) is 0 Å². The van der Waals surface area contributed by atoms with Crippen LogP contribution in [-0.2, 0) is 0 Å². The van der Waals surface area contributed by atoms with Crippen LogP contribution in [0.4, 0.5) is 0 Å². The summed E-state index contributed by atoms with van der Waals surface area (Å²) < 4.78 is 2.37. The minimum Gasteiger partial charge on any atom is -0.293 e. The van der Waals surface area contributed by atoms with Crippen molar-refractivity contribution < 1.29 is 0 Å². The first-order valence-electron chi connectivity index (χ1n) is 3.64. The molecule has 1 heterocycles. The van der Waals surface area contributed by atoms with Gasteiger partial charge in [-0.1, -0.05) is 0 Å². The van der Waals surface area contributed by atoms with Gasteiger partial charge >= 0.3 is 0 Å². The molecular weight excluding hydrogens is 239 g/mol. The molecule has 60 valence electrons. The molecule has 10 heavy (non-hydrogen) atoms. The van der Waals surface area contributed by atoms with Crippen molar-refractivity contribution >= 4 is 22.9 Å². The molecule has 0 saturated carbocycles. The van der Waals surface area contributed by atoms with E-state index in [1.807, 2.05) is 0 Å². The summed E-state index contributed by atoms with van der Waals surface area (Å²) in [6.45, 7) is 6.92.